The molecule has 0 aromatic heterocycles. The van der Waals surface area contributed by atoms with Gasteiger partial charge in [-0.3, -0.25) is 4.99 Å². The molecule has 0 aromatic rings. The van der Waals surface area contributed by atoms with E-state index in [1.54, 1.807) is 26.8 Å². The van der Waals surface area contributed by atoms with Gasteiger partial charge in [0.2, 0.25) is 0 Å². The van der Waals surface area contributed by atoms with Crippen LogP contribution in [0, 0.1) is 0 Å². The zero-order chi connectivity index (χ0) is 14.5. The maximum Gasteiger partial charge on any atom is 0.184 e. The molecule has 1 fully saturated rings. The molecule has 0 amide bonds. The van der Waals surface area contributed by atoms with Crippen molar-refractivity contribution in [1.82, 2.24) is 4.90 Å². The molecule has 4 nitrogen and oxygen atoms in total. The molecular weight excluding hydrogens is 272 g/mol. The second-order valence-corrected chi connectivity index (χ2v) is 9.45. The van der Waals surface area contributed by atoms with E-state index in [0.29, 0.717) is 10.9 Å². The SMILES string of the molecule is CC(C)(C)S(=O)(=O)C1=CN2C(C=C1)N=C1CCCCC12. The molecule has 1 saturated carbocycles. The number of hydrogen-bond donors (Lipinski definition) is 0. The average Bonchev–Trinajstić information content (AvgIpc) is 2.75. The summed E-state index contributed by atoms with van der Waals surface area (Å²) in [6.07, 6.45) is 10.0. The van der Waals surface area contributed by atoms with Crippen LogP contribution in [0.3, 0.4) is 0 Å². The highest BCUT2D eigenvalue weighted by Gasteiger charge is 2.39. The van der Waals surface area contributed by atoms with Crippen molar-refractivity contribution in [3.05, 3.63) is 23.3 Å². The lowest BCUT2D eigenvalue weighted by Gasteiger charge is -2.33. The summed E-state index contributed by atoms with van der Waals surface area (Å²) >= 11 is 0. The maximum atomic E-state index is 12.6. The number of aliphatic imine (C=N–C) groups is 1. The molecule has 5 heteroatoms. The lowest BCUT2D eigenvalue weighted by atomic mass is 9.93. The molecule has 3 rings (SSSR count). The van der Waals surface area contributed by atoms with E-state index in [1.807, 2.05) is 12.3 Å². The van der Waals surface area contributed by atoms with E-state index in [9.17, 15) is 8.42 Å². The van der Waals surface area contributed by atoms with Gasteiger partial charge < -0.3 is 4.90 Å². The van der Waals surface area contributed by atoms with Gasteiger partial charge >= 0.3 is 0 Å². The number of sulfone groups is 1. The van der Waals surface area contributed by atoms with Crippen molar-refractivity contribution in [3.8, 4) is 0 Å². The fourth-order valence-corrected chi connectivity index (χ4v) is 4.29. The molecular formula is C15H22N2O2S. The lowest BCUT2D eigenvalue weighted by molar-refractivity contribution is 0.292. The summed E-state index contributed by atoms with van der Waals surface area (Å²) in [7, 11) is -3.29. The molecule has 1 aliphatic carbocycles. The van der Waals surface area contributed by atoms with Gasteiger partial charge in [-0.25, -0.2) is 8.42 Å². The van der Waals surface area contributed by atoms with Crippen molar-refractivity contribution in [1.29, 1.82) is 0 Å². The summed E-state index contributed by atoms with van der Waals surface area (Å²) in [5, 5.41) is 0. The van der Waals surface area contributed by atoms with Crippen LogP contribution in [-0.2, 0) is 9.84 Å². The standard InChI is InChI=1S/C15H22N2O2S/c1-15(2,3)20(18,19)11-8-9-14-16-12-6-4-5-7-13(12)17(14)10-11/h8-10,13-14H,4-7H2,1-3H3. The quantitative estimate of drug-likeness (QED) is 0.747. The highest BCUT2D eigenvalue weighted by Crippen LogP contribution is 2.35. The Hall–Kier alpha value is -1.10. The maximum absolute atomic E-state index is 12.6. The van der Waals surface area contributed by atoms with Gasteiger partial charge in [0.05, 0.1) is 15.7 Å². The normalized spacial score (nSPS) is 29.6. The van der Waals surface area contributed by atoms with E-state index >= 15 is 0 Å². The molecule has 2 atom stereocenters. The van der Waals surface area contributed by atoms with E-state index < -0.39 is 14.6 Å². The summed E-state index contributed by atoms with van der Waals surface area (Å²) in [4.78, 5) is 7.28. The van der Waals surface area contributed by atoms with Gasteiger partial charge in [0, 0.05) is 11.9 Å². The third kappa shape index (κ3) is 2.03. The Morgan fingerprint density at radius 3 is 2.75 bits per heavy atom. The van der Waals surface area contributed by atoms with Gasteiger partial charge in [-0.2, -0.15) is 0 Å². The number of hydrogen-bond acceptors (Lipinski definition) is 4. The smallest absolute Gasteiger partial charge is 0.184 e. The summed E-state index contributed by atoms with van der Waals surface area (Å²) in [5.41, 5.74) is 1.25. The van der Waals surface area contributed by atoms with Crippen LogP contribution in [-0.4, -0.2) is 36.0 Å². The zero-order valence-corrected chi connectivity index (χ0v) is 13.2. The Morgan fingerprint density at radius 2 is 2.05 bits per heavy atom. The fraction of sp³-hybridized carbons (Fsp3) is 0.667. The van der Waals surface area contributed by atoms with Crippen molar-refractivity contribution < 1.29 is 8.42 Å². The van der Waals surface area contributed by atoms with Crippen LogP contribution in [0.15, 0.2) is 28.2 Å². The highest BCUT2D eigenvalue weighted by molar-refractivity contribution is 7.96. The first-order valence-electron chi connectivity index (χ1n) is 7.29. The minimum absolute atomic E-state index is 0.00650. The molecule has 0 radical (unpaired) electrons. The molecule has 2 unspecified atom stereocenters. The van der Waals surface area contributed by atoms with Crippen molar-refractivity contribution in [2.45, 2.75) is 63.4 Å². The number of fused-ring (bicyclic) bond motifs is 3. The Balaban J connectivity index is 1.94. The zero-order valence-electron chi connectivity index (χ0n) is 12.3. The molecule has 2 heterocycles. The Kier molecular flexibility index (Phi) is 3.08. The second-order valence-electron chi connectivity index (χ2n) is 6.75. The van der Waals surface area contributed by atoms with Crippen molar-refractivity contribution in [2.75, 3.05) is 0 Å². The molecule has 0 aromatic carbocycles. The number of nitrogens with zero attached hydrogens (tertiary/aromatic N) is 2. The molecule has 2 aliphatic heterocycles. The molecule has 0 N–H and O–H groups in total. The van der Waals surface area contributed by atoms with Gasteiger partial charge in [0.25, 0.3) is 0 Å². The van der Waals surface area contributed by atoms with Gasteiger partial charge in [-0.05, 0) is 52.2 Å². The molecule has 3 aliphatic rings. The van der Waals surface area contributed by atoms with Gasteiger partial charge in [-0.15, -0.1) is 0 Å². The predicted octanol–water partition coefficient (Wildman–Crippen LogP) is 2.64. The van der Waals surface area contributed by atoms with Crippen LogP contribution in [0.5, 0.6) is 0 Å². The molecule has 20 heavy (non-hydrogen) atoms. The Bertz CT molecular complexity index is 608. The second kappa shape index (κ2) is 4.45. The highest BCUT2D eigenvalue weighted by atomic mass is 32.2. The van der Waals surface area contributed by atoms with E-state index in [-0.39, 0.29) is 6.17 Å². The minimum atomic E-state index is -3.29. The van der Waals surface area contributed by atoms with E-state index in [2.05, 4.69) is 4.90 Å². The van der Waals surface area contributed by atoms with Crippen LogP contribution in [0.4, 0.5) is 0 Å². The molecule has 0 bridgehead atoms. The first kappa shape index (κ1) is 13.9. The molecule has 0 saturated heterocycles. The van der Waals surface area contributed by atoms with E-state index in [1.165, 1.54) is 18.6 Å². The van der Waals surface area contributed by atoms with Crippen molar-refractivity contribution >= 4 is 15.5 Å². The predicted molar refractivity (Wildman–Crippen MR) is 81.2 cm³/mol. The average molecular weight is 294 g/mol. The summed E-state index contributed by atoms with van der Waals surface area (Å²) < 4.78 is 24.4. The Morgan fingerprint density at radius 1 is 1.30 bits per heavy atom. The van der Waals surface area contributed by atoms with Crippen LogP contribution >= 0.6 is 0 Å². The van der Waals surface area contributed by atoms with E-state index in [0.717, 1.165) is 12.8 Å². The summed E-state index contributed by atoms with van der Waals surface area (Å²) in [5.74, 6) is 0. The van der Waals surface area contributed by atoms with Gasteiger partial charge in [0.1, 0.15) is 6.17 Å². The molecule has 110 valence electrons. The van der Waals surface area contributed by atoms with Crippen LogP contribution in [0.2, 0.25) is 0 Å². The summed E-state index contributed by atoms with van der Waals surface area (Å²) in [6, 6.07) is 0.309. The largest absolute Gasteiger partial charge is 0.343 e. The fourth-order valence-electron chi connectivity index (χ4n) is 3.06. The number of rotatable bonds is 1. The van der Waals surface area contributed by atoms with Crippen LogP contribution in [0.1, 0.15) is 46.5 Å². The number of allylic oxidation sites excluding steroid dienone is 1. The molecule has 0 spiro atoms. The lowest BCUT2D eigenvalue weighted by Crippen LogP contribution is -2.40. The third-order valence-corrected chi connectivity index (χ3v) is 6.81. The van der Waals surface area contributed by atoms with Crippen molar-refractivity contribution in [2.24, 2.45) is 4.99 Å². The van der Waals surface area contributed by atoms with Crippen molar-refractivity contribution in [3.63, 3.8) is 0 Å². The van der Waals surface area contributed by atoms with E-state index in [4.69, 9.17) is 4.99 Å². The Labute approximate surface area is 121 Å². The van der Waals surface area contributed by atoms with Crippen LogP contribution < -0.4 is 0 Å². The topological polar surface area (TPSA) is 49.7 Å². The van der Waals surface area contributed by atoms with Crippen LogP contribution in [0.25, 0.3) is 0 Å². The van der Waals surface area contributed by atoms with Gasteiger partial charge in [0.15, 0.2) is 9.84 Å². The first-order valence-corrected chi connectivity index (χ1v) is 8.78. The van der Waals surface area contributed by atoms with Gasteiger partial charge in [-0.1, -0.05) is 6.42 Å². The first-order chi connectivity index (χ1) is 9.30. The third-order valence-electron chi connectivity index (χ3n) is 4.33. The minimum Gasteiger partial charge on any atom is -0.343 e. The summed E-state index contributed by atoms with van der Waals surface area (Å²) in [6.45, 7) is 5.24. The monoisotopic (exact) mass is 294 g/mol.